The van der Waals surface area contributed by atoms with Gasteiger partial charge in [-0.05, 0) is 26.2 Å². The fourth-order valence-electron chi connectivity index (χ4n) is 3.52. The molecular weight excluding hydrogens is 449 g/mol. The number of nitrogens with one attached hydrogen (secondary N) is 3. The Kier molecular flexibility index (Phi) is 6.56. The zero-order valence-electron chi connectivity index (χ0n) is 18.6. The van der Waals surface area contributed by atoms with Crippen LogP contribution in [0.25, 0.3) is 32.5 Å². The quantitative estimate of drug-likeness (QED) is 0.360. The first-order valence-corrected chi connectivity index (χ1v) is 11.0. The van der Waals surface area contributed by atoms with Crippen molar-refractivity contribution in [2.75, 3.05) is 46.7 Å². The van der Waals surface area contributed by atoms with Crippen molar-refractivity contribution < 1.29 is 18.7 Å². The molecule has 3 N–H and O–H groups in total. The van der Waals surface area contributed by atoms with E-state index in [1.807, 2.05) is 6.07 Å². The fraction of sp³-hybridized carbons (Fsp3) is 0.333. The van der Waals surface area contributed by atoms with Crippen molar-refractivity contribution in [3.8, 4) is 22.8 Å². The van der Waals surface area contributed by atoms with Crippen LogP contribution in [0.2, 0.25) is 0 Å². The molecule has 2 amide bonds. The number of carbonyl (C=O) groups excluding carboxylic acids is 1. The van der Waals surface area contributed by atoms with Gasteiger partial charge in [-0.1, -0.05) is 0 Å². The molecule has 4 rings (SSSR count). The number of carbonyl (C=O) groups is 1. The Hall–Kier alpha value is -3.51. The van der Waals surface area contributed by atoms with Gasteiger partial charge in [0.2, 0.25) is 5.88 Å². The summed E-state index contributed by atoms with van der Waals surface area (Å²) < 4.78 is 25.8. The lowest BCUT2D eigenvalue weighted by Gasteiger charge is -2.14. The minimum atomic E-state index is -1.17. The van der Waals surface area contributed by atoms with Gasteiger partial charge in [0, 0.05) is 23.7 Å². The van der Waals surface area contributed by atoms with Gasteiger partial charge in [-0.15, -0.1) is 11.3 Å². The van der Waals surface area contributed by atoms with Crippen LogP contribution in [0.1, 0.15) is 0 Å². The summed E-state index contributed by atoms with van der Waals surface area (Å²) in [6.07, 6.45) is 0.618. The minimum Gasteiger partial charge on any atom is -0.494 e. The first-order chi connectivity index (χ1) is 15.9. The van der Waals surface area contributed by atoms with E-state index in [4.69, 9.17) is 9.47 Å². The van der Waals surface area contributed by atoms with Crippen LogP contribution in [0.3, 0.4) is 0 Å². The summed E-state index contributed by atoms with van der Waals surface area (Å²) in [7, 11) is 6.67. The normalized spacial score (nSPS) is 12.3. The van der Waals surface area contributed by atoms with E-state index in [1.54, 1.807) is 43.9 Å². The Morgan fingerprint density at radius 3 is 2.82 bits per heavy atom. The molecular formula is C21H24FN7O3S. The molecule has 0 fully saturated rings. The Morgan fingerprint density at radius 2 is 2.09 bits per heavy atom. The molecule has 10 nitrogen and oxygen atoms in total. The molecule has 0 radical (unpaired) electrons. The van der Waals surface area contributed by atoms with Gasteiger partial charge < -0.3 is 24.7 Å². The van der Waals surface area contributed by atoms with Crippen molar-refractivity contribution >= 4 is 44.6 Å². The standard InChI is InChI=1S/C21H24FN7O3S/c1-29(2)9-11(22)7-24-21(30)27-14-6-5-12-13(8-23-18(12)26-14)15-16(31-3)17-19(25-10-33-17)28-20(15)32-4/h5-6,8,10-11H,7,9H2,1-4H3,(H3,23,24,26,27,30). The van der Waals surface area contributed by atoms with Gasteiger partial charge in [0.25, 0.3) is 0 Å². The third-order valence-electron chi connectivity index (χ3n) is 4.90. The number of alkyl halides is 1. The van der Waals surface area contributed by atoms with E-state index in [0.717, 1.165) is 15.6 Å². The SMILES string of the molecule is COc1nc2ncsc2c(OC)c1-c1c[nH]c2nc(NC(=O)NCC(F)CN(C)C)ccc12. The highest BCUT2D eigenvalue weighted by atomic mass is 32.1. The smallest absolute Gasteiger partial charge is 0.320 e. The molecule has 0 spiro atoms. The lowest BCUT2D eigenvalue weighted by Crippen LogP contribution is -2.37. The number of rotatable bonds is 8. The number of urea groups is 1. The molecule has 33 heavy (non-hydrogen) atoms. The molecule has 0 aliphatic carbocycles. The second-order valence-corrected chi connectivity index (χ2v) is 8.38. The van der Waals surface area contributed by atoms with E-state index >= 15 is 0 Å². The highest BCUT2D eigenvalue weighted by Gasteiger charge is 2.23. The van der Waals surface area contributed by atoms with E-state index < -0.39 is 12.2 Å². The van der Waals surface area contributed by atoms with Crippen molar-refractivity contribution in [2.24, 2.45) is 0 Å². The van der Waals surface area contributed by atoms with E-state index in [2.05, 4.69) is 30.6 Å². The van der Waals surface area contributed by atoms with Crippen molar-refractivity contribution in [1.82, 2.24) is 30.2 Å². The number of aromatic amines is 1. The molecule has 1 unspecified atom stereocenters. The van der Waals surface area contributed by atoms with Gasteiger partial charge in [0.05, 0.1) is 31.8 Å². The third kappa shape index (κ3) is 4.66. The lowest BCUT2D eigenvalue weighted by atomic mass is 10.1. The second kappa shape index (κ2) is 9.55. The number of fused-ring (bicyclic) bond motifs is 2. The first kappa shape index (κ1) is 22.7. The van der Waals surface area contributed by atoms with E-state index in [9.17, 15) is 9.18 Å². The van der Waals surface area contributed by atoms with Gasteiger partial charge >= 0.3 is 6.03 Å². The number of nitrogens with zero attached hydrogens (tertiary/aromatic N) is 4. The molecule has 0 saturated carbocycles. The molecule has 0 bridgehead atoms. The summed E-state index contributed by atoms with van der Waals surface area (Å²) in [4.78, 5) is 30.2. The number of ether oxygens (including phenoxy) is 2. The molecule has 4 aromatic rings. The van der Waals surface area contributed by atoms with E-state index in [0.29, 0.717) is 34.3 Å². The van der Waals surface area contributed by atoms with Crippen LogP contribution < -0.4 is 20.1 Å². The Bertz CT molecular complexity index is 1290. The number of amides is 2. The van der Waals surface area contributed by atoms with Gasteiger partial charge in [0.15, 0.2) is 11.4 Å². The highest BCUT2D eigenvalue weighted by molar-refractivity contribution is 7.17. The van der Waals surface area contributed by atoms with Crippen LogP contribution in [-0.2, 0) is 0 Å². The monoisotopic (exact) mass is 473 g/mol. The van der Waals surface area contributed by atoms with Crippen LogP contribution in [0.4, 0.5) is 15.0 Å². The van der Waals surface area contributed by atoms with Crippen molar-refractivity contribution in [3.05, 3.63) is 23.8 Å². The second-order valence-electron chi connectivity index (χ2n) is 7.52. The first-order valence-electron chi connectivity index (χ1n) is 10.1. The van der Waals surface area contributed by atoms with Gasteiger partial charge in [-0.2, -0.15) is 4.98 Å². The number of thiazole rings is 1. The molecule has 174 valence electrons. The number of anilines is 1. The summed E-state index contributed by atoms with van der Waals surface area (Å²) in [6.45, 7) is 0.135. The number of aromatic nitrogens is 4. The van der Waals surface area contributed by atoms with Crippen LogP contribution in [-0.4, -0.2) is 78.4 Å². The number of methoxy groups -OCH3 is 2. The molecule has 0 aliphatic rings. The number of hydrogen-bond donors (Lipinski definition) is 3. The van der Waals surface area contributed by atoms with Gasteiger partial charge in [-0.3, -0.25) is 5.32 Å². The number of H-pyrrole nitrogens is 1. The molecule has 12 heteroatoms. The summed E-state index contributed by atoms with van der Waals surface area (Å²) in [5, 5.41) is 5.93. The van der Waals surface area contributed by atoms with Crippen LogP contribution >= 0.6 is 11.3 Å². The fourth-order valence-corrected chi connectivity index (χ4v) is 4.28. The largest absolute Gasteiger partial charge is 0.494 e. The molecule has 4 aromatic heterocycles. The maximum Gasteiger partial charge on any atom is 0.320 e. The Balaban J connectivity index is 1.60. The van der Waals surface area contributed by atoms with E-state index in [1.165, 1.54) is 18.4 Å². The summed E-state index contributed by atoms with van der Waals surface area (Å²) in [5.41, 5.74) is 4.27. The summed E-state index contributed by atoms with van der Waals surface area (Å²) in [6, 6.07) is 2.96. The topological polar surface area (TPSA) is 117 Å². The van der Waals surface area contributed by atoms with Crippen molar-refractivity contribution in [2.45, 2.75) is 6.17 Å². The zero-order valence-corrected chi connectivity index (χ0v) is 19.4. The summed E-state index contributed by atoms with van der Waals surface area (Å²) in [5.74, 6) is 1.32. The average Bonchev–Trinajstić information content (AvgIpc) is 3.42. The van der Waals surface area contributed by atoms with Crippen LogP contribution in [0, 0.1) is 0 Å². The maximum atomic E-state index is 13.8. The Morgan fingerprint density at radius 1 is 1.27 bits per heavy atom. The van der Waals surface area contributed by atoms with Crippen LogP contribution in [0.15, 0.2) is 23.8 Å². The zero-order chi connectivity index (χ0) is 23.5. The third-order valence-corrected chi connectivity index (χ3v) is 5.71. The highest BCUT2D eigenvalue weighted by Crippen LogP contribution is 2.45. The average molecular weight is 474 g/mol. The van der Waals surface area contributed by atoms with Gasteiger partial charge in [-0.25, -0.2) is 19.2 Å². The van der Waals surface area contributed by atoms with Gasteiger partial charge in [0.1, 0.15) is 22.3 Å². The molecule has 0 aromatic carbocycles. The van der Waals surface area contributed by atoms with E-state index in [-0.39, 0.29) is 13.1 Å². The predicted octanol–water partition coefficient (Wildman–Crippen LogP) is 3.27. The van der Waals surface area contributed by atoms with Crippen molar-refractivity contribution in [3.63, 3.8) is 0 Å². The Labute approximate surface area is 193 Å². The summed E-state index contributed by atoms with van der Waals surface area (Å²) >= 11 is 1.43. The van der Waals surface area contributed by atoms with Crippen molar-refractivity contribution in [1.29, 1.82) is 0 Å². The molecule has 1 atom stereocenters. The number of hydrogen-bond acceptors (Lipinski definition) is 8. The number of pyridine rings is 2. The lowest BCUT2D eigenvalue weighted by molar-refractivity contribution is 0.228. The predicted molar refractivity (Wildman–Crippen MR) is 126 cm³/mol. The minimum absolute atomic E-state index is 0.0917. The molecule has 0 saturated heterocycles. The number of halogens is 1. The maximum absolute atomic E-state index is 13.8. The molecule has 0 aliphatic heterocycles. The molecule has 4 heterocycles. The van der Waals surface area contributed by atoms with Crippen LogP contribution in [0.5, 0.6) is 11.6 Å².